The minimum Gasteiger partial charge on any atom is -0.348 e. The number of rotatable bonds is 4. The van der Waals surface area contributed by atoms with Crippen LogP contribution in [0.15, 0.2) is 24.3 Å². The maximum atomic E-state index is 12.9. The minimum atomic E-state index is -3.44. The number of aromatic nitrogens is 2. The van der Waals surface area contributed by atoms with E-state index in [0.29, 0.717) is 24.3 Å². The molecule has 4 bridgehead atoms. The molecule has 4 aliphatic heterocycles. The summed E-state index contributed by atoms with van der Waals surface area (Å²) in [7, 11) is -1.59. The molecule has 9 heteroatoms. The van der Waals surface area contributed by atoms with Crippen molar-refractivity contribution < 1.29 is 17.4 Å². The highest BCUT2D eigenvalue weighted by Crippen LogP contribution is 2.44. The quantitative estimate of drug-likeness (QED) is 0.752. The van der Waals surface area contributed by atoms with Crippen molar-refractivity contribution >= 4 is 26.9 Å². The third-order valence-corrected chi connectivity index (χ3v) is 7.32. The summed E-state index contributed by atoms with van der Waals surface area (Å²) < 4.78 is 30.1. The van der Waals surface area contributed by atoms with Gasteiger partial charge in [-0.3, -0.25) is 18.6 Å². The number of carbonyl (C=O) groups is 1. The smallest absolute Gasteiger partial charge is 0.272 e. The molecule has 6 rings (SSSR count). The Morgan fingerprint density at radius 2 is 1.86 bits per heavy atom. The van der Waals surface area contributed by atoms with E-state index in [1.165, 1.54) is 0 Å². The Labute approximate surface area is 170 Å². The summed E-state index contributed by atoms with van der Waals surface area (Å²) in [5, 5.41) is 8.51. The van der Waals surface area contributed by atoms with Crippen molar-refractivity contribution in [2.75, 3.05) is 12.8 Å². The SMILES string of the molecule is Cn1nc(C(=O)NC2CC3CC4CC(C2)N3CC4OS(C)(=O)=O)c2ccccc21. The van der Waals surface area contributed by atoms with Gasteiger partial charge in [-0.1, -0.05) is 18.2 Å². The van der Waals surface area contributed by atoms with Crippen molar-refractivity contribution in [3.05, 3.63) is 30.0 Å². The van der Waals surface area contributed by atoms with Gasteiger partial charge in [0.2, 0.25) is 0 Å². The largest absolute Gasteiger partial charge is 0.348 e. The van der Waals surface area contributed by atoms with E-state index in [1.54, 1.807) is 4.68 Å². The van der Waals surface area contributed by atoms with Gasteiger partial charge in [-0.15, -0.1) is 0 Å². The molecule has 1 N–H and O–H groups in total. The molecule has 0 aliphatic carbocycles. The maximum Gasteiger partial charge on any atom is 0.272 e. The van der Waals surface area contributed by atoms with E-state index in [4.69, 9.17) is 4.18 Å². The molecule has 1 aromatic heterocycles. The fourth-order valence-corrected chi connectivity index (χ4v) is 6.29. The average molecular weight is 419 g/mol. The van der Waals surface area contributed by atoms with Crippen molar-refractivity contribution in [1.29, 1.82) is 0 Å². The summed E-state index contributed by atoms with van der Waals surface area (Å²) in [6.45, 7) is 0.665. The van der Waals surface area contributed by atoms with Crippen LogP contribution < -0.4 is 5.32 Å². The van der Waals surface area contributed by atoms with Gasteiger partial charge < -0.3 is 5.32 Å². The van der Waals surface area contributed by atoms with Crippen LogP contribution in [-0.2, 0) is 21.3 Å². The molecular formula is C20H26N4O4S. The number of benzene rings is 1. The fourth-order valence-electron chi connectivity index (χ4n) is 5.63. The molecule has 5 heterocycles. The zero-order chi connectivity index (χ0) is 20.3. The molecule has 0 radical (unpaired) electrons. The summed E-state index contributed by atoms with van der Waals surface area (Å²) in [5.74, 6) is 0.159. The number of para-hydroxylation sites is 1. The van der Waals surface area contributed by atoms with E-state index in [9.17, 15) is 13.2 Å². The first-order chi connectivity index (χ1) is 13.8. The normalized spacial score (nSPS) is 33.7. The molecule has 3 atom stereocenters. The molecule has 2 aromatic rings. The second kappa shape index (κ2) is 6.78. The first kappa shape index (κ1) is 19.0. The van der Waals surface area contributed by atoms with Crippen molar-refractivity contribution in [2.24, 2.45) is 13.0 Å². The van der Waals surface area contributed by atoms with Gasteiger partial charge in [-0.05, 0) is 37.7 Å². The molecule has 0 spiro atoms. The minimum absolute atomic E-state index is 0.114. The topological polar surface area (TPSA) is 93.5 Å². The number of nitrogens with one attached hydrogen (secondary N) is 1. The number of hydrogen-bond acceptors (Lipinski definition) is 6. The van der Waals surface area contributed by atoms with Crippen molar-refractivity contribution in [3.63, 3.8) is 0 Å². The van der Waals surface area contributed by atoms with Gasteiger partial charge in [-0.2, -0.15) is 13.5 Å². The van der Waals surface area contributed by atoms with E-state index in [0.717, 1.165) is 42.8 Å². The van der Waals surface area contributed by atoms with Crippen molar-refractivity contribution in [1.82, 2.24) is 20.0 Å². The highest BCUT2D eigenvalue weighted by Gasteiger charge is 2.50. The Morgan fingerprint density at radius 3 is 2.52 bits per heavy atom. The van der Waals surface area contributed by atoms with Crippen LogP contribution in [0.1, 0.15) is 36.2 Å². The second-order valence-corrected chi connectivity index (χ2v) is 10.3. The maximum absolute atomic E-state index is 12.9. The standard InChI is InChI=1S/C20H26N4O4S/c1-23-17-6-4-3-5-16(17)19(22-23)20(25)21-13-9-14-7-12-8-15(10-13)24(14)11-18(12)28-29(2,26)27/h3-6,12-15,18H,7-11H2,1-2H3,(H,21,25). The van der Waals surface area contributed by atoms with Crippen LogP contribution in [0.5, 0.6) is 0 Å². The van der Waals surface area contributed by atoms with Crippen molar-refractivity contribution in [3.8, 4) is 0 Å². The first-order valence-electron chi connectivity index (χ1n) is 10.1. The van der Waals surface area contributed by atoms with Crippen molar-refractivity contribution in [2.45, 2.75) is 49.9 Å². The van der Waals surface area contributed by atoms with E-state index in [1.807, 2.05) is 31.3 Å². The van der Waals surface area contributed by atoms with Crippen LogP contribution in [0.3, 0.4) is 0 Å². The highest BCUT2D eigenvalue weighted by molar-refractivity contribution is 7.86. The van der Waals surface area contributed by atoms with Crippen LogP contribution in [0.4, 0.5) is 0 Å². The number of carbonyl (C=O) groups excluding carboxylic acids is 1. The molecule has 4 aliphatic rings. The van der Waals surface area contributed by atoms with E-state index in [2.05, 4.69) is 15.3 Å². The Kier molecular flexibility index (Phi) is 4.45. The number of aryl methyl sites for hydroxylation is 1. The van der Waals surface area contributed by atoms with Crippen LogP contribution in [0, 0.1) is 5.92 Å². The third-order valence-electron chi connectivity index (χ3n) is 6.72. The molecule has 3 unspecified atom stereocenters. The number of fused-ring (bicyclic) bond motifs is 2. The molecule has 29 heavy (non-hydrogen) atoms. The number of piperidine rings is 4. The van der Waals surface area contributed by atoms with Gasteiger partial charge >= 0.3 is 0 Å². The summed E-state index contributed by atoms with van der Waals surface area (Å²) in [5.41, 5.74) is 1.42. The first-order valence-corrected chi connectivity index (χ1v) is 12.0. The summed E-state index contributed by atoms with van der Waals surface area (Å²) in [6.07, 6.45) is 4.51. The van der Waals surface area contributed by atoms with E-state index < -0.39 is 10.1 Å². The summed E-state index contributed by atoms with van der Waals surface area (Å²) >= 11 is 0. The van der Waals surface area contributed by atoms with Gasteiger partial charge in [0, 0.05) is 37.1 Å². The van der Waals surface area contributed by atoms with Crippen LogP contribution in [-0.4, -0.2) is 66.0 Å². The summed E-state index contributed by atoms with van der Waals surface area (Å²) in [6, 6.07) is 8.62. The van der Waals surface area contributed by atoms with Gasteiger partial charge in [-0.25, -0.2) is 0 Å². The lowest BCUT2D eigenvalue weighted by Gasteiger charge is -2.57. The summed E-state index contributed by atoms with van der Waals surface area (Å²) in [4.78, 5) is 15.3. The van der Waals surface area contributed by atoms with Crippen LogP contribution in [0.2, 0.25) is 0 Å². The number of hydrogen-bond donors (Lipinski definition) is 1. The zero-order valence-corrected chi connectivity index (χ0v) is 17.4. The zero-order valence-electron chi connectivity index (χ0n) is 16.6. The Morgan fingerprint density at radius 1 is 1.17 bits per heavy atom. The lowest BCUT2D eigenvalue weighted by molar-refractivity contribution is -0.0993. The van der Waals surface area contributed by atoms with E-state index >= 15 is 0 Å². The highest BCUT2D eigenvalue weighted by atomic mass is 32.2. The third kappa shape index (κ3) is 3.45. The molecule has 1 amide bonds. The Bertz CT molecular complexity index is 1050. The molecule has 156 valence electrons. The van der Waals surface area contributed by atoms with Gasteiger partial charge in [0.1, 0.15) is 0 Å². The second-order valence-electron chi connectivity index (χ2n) is 8.71. The molecule has 4 fully saturated rings. The predicted octanol–water partition coefficient (Wildman–Crippen LogP) is 1.27. The lowest BCUT2D eigenvalue weighted by atomic mass is 9.70. The Hall–Kier alpha value is -1.97. The molecule has 0 saturated carbocycles. The molecule has 1 aromatic carbocycles. The average Bonchev–Trinajstić information content (AvgIpc) is 2.98. The Balaban J connectivity index is 1.27. The molecular weight excluding hydrogens is 392 g/mol. The molecule has 4 saturated heterocycles. The van der Waals surface area contributed by atoms with Crippen LogP contribution in [0.25, 0.3) is 10.9 Å². The van der Waals surface area contributed by atoms with Gasteiger partial charge in [0.15, 0.2) is 5.69 Å². The molecule has 8 nitrogen and oxygen atoms in total. The van der Waals surface area contributed by atoms with Crippen LogP contribution >= 0.6 is 0 Å². The van der Waals surface area contributed by atoms with E-state index in [-0.39, 0.29) is 24.0 Å². The fraction of sp³-hybridized carbons (Fsp3) is 0.600. The predicted molar refractivity (Wildman–Crippen MR) is 108 cm³/mol. The lowest BCUT2D eigenvalue weighted by Crippen LogP contribution is -2.66. The van der Waals surface area contributed by atoms with Gasteiger partial charge in [0.05, 0.1) is 17.9 Å². The van der Waals surface area contributed by atoms with Gasteiger partial charge in [0.25, 0.3) is 16.0 Å². The monoisotopic (exact) mass is 418 g/mol. The number of nitrogens with zero attached hydrogens (tertiary/aromatic N) is 3. The number of amides is 1.